The molecule has 7 nitrogen and oxygen atoms in total. The SMILES string of the molecule is N[C@@H]1c2ccccc2CC12CCN(c1cnc3c(n1)CN=C3N1CCCc3ncccc31)CC2. The summed E-state index contributed by atoms with van der Waals surface area (Å²) < 4.78 is 0. The van der Waals surface area contributed by atoms with Gasteiger partial charge < -0.3 is 15.5 Å². The molecule has 172 valence electrons. The van der Waals surface area contributed by atoms with E-state index in [1.54, 1.807) is 0 Å². The normalized spacial score (nSPS) is 22.4. The molecule has 2 aromatic heterocycles. The number of rotatable bonds is 1. The minimum absolute atomic E-state index is 0.134. The number of benzene rings is 1. The van der Waals surface area contributed by atoms with Crippen LogP contribution < -0.4 is 15.5 Å². The summed E-state index contributed by atoms with van der Waals surface area (Å²) in [6.45, 7) is 3.47. The van der Waals surface area contributed by atoms with Gasteiger partial charge in [0.05, 0.1) is 29.8 Å². The summed E-state index contributed by atoms with van der Waals surface area (Å²) >= 11 is 0. The van der Waals surface area contributed by atoms with Crippen LogP contribution >= 0.6 is 0 Å². The van der Waals surface area contributed by atoms with Crippen LogP contribution in [-0.2, 0) is 19.4 Å². The lowest BCUT2D eigenvalue weighted by atomic mass is 9.73. The van der Waals surface area contributed by atoms with Crippen LogP contribution in [0, 0.1) is 5.41 Å². The first kappa shape index (κ1) is 20.1. The summed E-state index contributed by atoms with van der Waals surface area (Å²) in [5.74, 6) is 1.91. The molecule has 1 saturated heterocycles. The van der Waals surface area contributed by atoms with E-state index >= 15 is 0 Å². The number of aryl methyl sites for hydroxylation is 1. The predicted octanol–water partition coefficient (Wildman–Crippen LogP) is 3.43. The maximum absolute atomic E-state index is 6.76. The first-order valence-corrected chi connectivity index (χ1v) is 12.4. The van der Waals surface area contributed by atoms with Gasteiger partial charge >= 0.3 is 0 Å². The fourth-order valence-corrected chi connectivity index (χ4v) is 6.40. The Labute approximate surface area is 199 Å². The Bertz CT molecular complexity index is 1290. The number of pyridine rings is 1. The fraction of sp³-hybridized carbons (Fsp3) is 0.407. The number of fused-ring (bicyclic) bond motifs is 3. The molecule has 0 amide bonds. The van der Waals surface area contributed by atoms with Gasteiger partial charge in [-0.1, -0.05) is 24.3 Å². The van der Waals surface area contributed by atoms with Gasteiger partial charge in [0.15, 0.2) is 5.84 Å². The third kappa shape index (κ3) is 2.99. The number of hydrogen-bond donors (Lipinski definition) is 1. The van der Waals surface area contributed by atoms with E-state index in [0.717, 1.165) is 86.2 Å². The van der Waals surface area contributed by atoms with Gasteiger partial charge in [0.1, 0.15) is 11.5 Å². The maximum atomic E-state index is 6.76. The van der Waals surface area contributed by atoms with Gasteiger partial charge in [0, 0.05) is 31.9 Å². The molecular weight excluding hydrogens is 422 g/mol. The van der Waals surface area contributed by atoms with Crippen LogP contribution in [0.25, 0.3) is 0 Å². The molecule has 7 rings (SSSR count). The summed E-state index contributed by atoms with van der Waals surface area (Å²) in [5, 5.41) is 0. The minimum Gasteiger partial charge on any atom is -0.355 e. The Morgan fingerprint density at radius 2 is 1.85 bits per heavy atom. The Balaban J connectivity index is 1.09. The number of amidine groups is 1. The van der Waals surface area contributed by atoms with Gasteiger partial charge in [-0.05, 0) is 60.8 Å². The number of aromatic nitrogens is 3. The zero-order valence-electron chi connectivity index (χ0n) is 19.3. The quantitative estimate of drug-likeness (QED) is 0.610. The Hall–Kier alpha value is -3.32. The lowest BCUT2D eigenvalue weighted by Crippen LogP contribution is -2.44. The van der Waals surface area contributed by atoms with Crippen LogP contribution in [0.15, 0.2) is 53.8 Å². The third-order valence-corrected chi connectivity index (χ3v) is 8.31. The molecule has 0 radical (unpaired) electrons. The van der Waals surface area contributed by atoms with Crippen LogP contribution in [0.4, 0.5) is 11.5 Å². The van der Waals surface area contributed by atoms with Gasteiger partial charge in [0.25, 0.3) is 0 Å². The second-order valence-corrected chi connectivity index (χ2v) is 10.1. The highest BCUT2D eigenvalue weighted by Crippen LogP contribution is 2.50. The van der Waals surface area contributed by atoms with Crippen molar-refractivity contribution in [2.24, 2.45) is 16.1 Å². The summed E-state index contributed by atoms with van der Waals surface area (Å²) in [5.41, 5.74) is 13.9. The van der Waals surface area contributed by atoms with Crippen molar-refractivity contribution in [1.29, 1.82) is 0 Å². The van der Waals surface area contributed by atoms with E-state index in [9.17, 15) is 0 Å². The van der Waals surface area contributed by atoms with Crippen molar-refractivity contribution >= 4 is 17.3 Å². The van der Waals surface area contributed by atoms with E-state index in [-0.39, 0.29) is 11.5 Å². The van der Waals surface area contributed by atoms with E-state index in [1.807, 2.05) is 18.5 Å². The predicted molar refractivity (Wildman–Crippen MR) is 133 cm³/mol. The van der Waals surface area contributed by atoms with Crippen LogP contribution in [0.3, 0.4) is 0 Å². The van der Waals surface area contributed by atoms with E-state index < -0.39 is 0 Å². The molecule has 1 atom stereocenters. The molecule has 1 aliphatic carbocycles. The third-order valence-electron chi connectivity index (χ3n) is 8.31. The van der Waals surface area contributed by atoms with E-state index in [4.69, 9.17) is 20.7 Å². The lowest BCUT2D eigenvalue weighted by Gasteiger charge is -2.42. The molecule has 2 N–H and O–H groups in total. The topological polar surface area (TPSA) is 83.5 Å². The highest BCUT2D eigenvalue weighted by Gasteiger charge is 2.46. The molecule has 1 spiro atoms. The first-order valence-electron chi connectivity index (χ1n) is 12.4. The average molecular weight is 452 g/mol. The number of hydrogen-bond acceptors (Lipinski definition) is 7. The van der Waals surface area contributed by atoms with Gasteiger partial charge in [-0.25, -0.2) is 9.97 Å². The molecule has 5 heterocycles. The summed E-state index contributed by atoms with van der Waals surface area (Å²) in [6, 6.07) is 13.0. The maximum Gasteiger partial charge on any atom is 0.156 e. The summed E-state index contributed by atoms with van der Waals surface area (Å²) in [7, 11) is 0. The number of aliphatic imine (C=N–C) groups is 1. The molecule has 1 fully saturated rings. The van der Waals surface area contributed by atoms with Crippen molar-refractivity contribution in [3.05, 3.63) is 77.0 Å². The Kier molecular flexibility index (Phi) is 4.49. The van der Waals surface area contributed by atoms with E-state index in [1.165, 1.54) is 11.1 Å². The largest absolute Gasteiger partial charge is 0.355 e. The standard InChI is InChI=1S/C27H29N7/c28-25-19-6-2-1-5-18(19)15-27(25)9-13-33(14-10-27)23-17-30-24-21(32-23)16-31-26(24)34-12-4-7-20-22(34)8-3-11-29-20/h1-3,5-6,8,11,17,25H,4,7,9-10,12-16,28H2/t25-/m1/s1. The van der Waals surface area contributed by atoms with Crippen LogP contribution in [0.5, 0.6) is 0 Å². The fourth-order valence-electron chi connectivity index (χ4n) is 6.40. The number of nitrogens with zero attached hydrogens (tertiary/aromatic N) is 6. The zero-order valence-corrected chi connectivity index (χ0v) is 19.3. The summed E-state index contributed by atoms with van der Waals surface area (Å²) in [4.78, 5) is 24.0. The Morgan fingerprint density at radius 3 is 2.74 bits per heavy atom. The molecule has 3 aliphatic heterocycles. The number of nitrogens with two attached hydrogens (primary N) is 1. The number of piperidine rings is 1. The first-order chi connectivity index (χ1) is 16.7. The van der Waals surface area contributed by atoms with E-state index in [0.29, 0.717) is 6.54 Å². The molecule has 3 aromatic rings. The van der Waals surface area contributed by atoms with Gasteiger partial charge in [-0.2, -0.15) is 0 Å². The molecular formula is C27H29N7. The molecule has 1 aromatic carbocycles. The van der Waals surface area contributed by atoms with Crippen LogP contribution in [0.2, 0.25) is 0 Å². The molecule has 0 saturated carbocycles. The van der Waals surface area contributed by atoms with Crippen molar-refractivity contribution in [3.8, 4) is 0 Å². The Morgan fingerprint density at radius 1 is 0.971 bits per heavy atom. The molecule has 4 aliphatic rings. The van der Waals surface area contributed by atoms with Crippen LogP contribution in [0.1, 0.15) is 53.5 Å². The second-order valence-electron chi connectivity index (χ2n) is 10.1. The highest BCUT2D eigenvalue weighted by atomic mass is 15.3. The van der Waals surface area contributed by atoms with Gasteiger partial charge in [0.2, 0.25) is 0 Å². The monoisotopic (exact) mass is 451 g/mol. The van der Waals surface area contributed by atoms with Crippen molar-refractivity contribution in [2.45, 2.75) is 44.7 Å². The molecule has 0 bridgehead atoms. The molecule has 34 heavy (non-hydrogen) atoms. The highest BCUT2D eigenvalue weighted by molar-refractivity contribution is 6.11. The van der Waals surface area contributed by atoms with Gasteiger partial charge in [-0.15, -0.1) is 0 Å². The van der Waals surface area contributed by atoms with Crippen LogP contribution in [-0.4, -0.2) is 40.4 Å². The minimum atomic E-state index is 0.134. The van der Waals surface area contributed by atoms with Gasteiger partial charge in [-0.3, -0.25) is 9.98 Å². The smallest absolute Gasteiger partial charge is 0.156 e. The molecule has 7 heteroatoms. The van der Waals surface area contributed by atoms with Crippen molar-refractivity contribution in [2.75, 3.05) is 29.4 Å². The zero-order chi connectivity index (χ0) is 22.7. The molecule has 0 unspecified atom stereocenters. The number of anilines is 2. The lowest BCUT2D eigenvalue weighted by molar-refractivity contribution is 0.187. The van der Waals surface area contributed by atoms with Crippen molar-refractivity contribution in [3.63, 3.8) is 0 Å². The summed E-state index contributed by atoms with van der Waals surface area (Å²) in [6.07, 6.45) is 9.17. The average Bonchev–Trinajstić information content (AvgIpc) is 3.43. The van der Waals surface area contributed by atoms with E-state index in [2.05, 4.69) is 45.1 Å². The van der Waals surface area contributed by atoms with Crippen molar-refractivity contribution < 1.29 is 0 Å². The van der Waals surface area contributed by atoms with Crippen molar-refractivity contribution in [1.82, 2.24) is 15.0 Å². The second kappa shape index (κ2) is 7.60.